The van der Waals surface area contributed by atoms with Gasteiger partial charge in [-0.25, -0.2) is 24.0 Å². The van der Waals surface area contributed by atoms with Crippen molar-refractivity contribution in [3.8, 4) is 34.2 Å². The van der Waals surface area contributed by atoms with Gasteiger partial charge in [0.05, 0.1) is 24.1 Å². The second kappa shape index (κ2) is 9.11. The van der Waals surface area contributed by atoms with Gasteiger partial charge in [0.2, 0.25) is 0 Å². The molecule has 0 fully saturated rings. The monoisotopic (exact) mass is 506 g/mol. The highest BCUT2D eigenvalue weighted by atomic mass is 19.1. The lowest BCUT2D eigenvalue weighted by Gasteiger charge is -2.10. The predicted molar refractivity (Wildman–Crippen MR) is 141 cm³/mol. The number of halogens is 1. The van der Waals surface area contributed by atoms with Crippen molar-refractivity contribution in [1.29, 1.82) is 0 Å². The van der Waals surface area contributed by atoms with E-state index in [0.717, 1.165) is 44.8 Å². The van der Waals surface area contributed by atoms with Crippen molar-refractivity contribution in [2.24, 2.45) is 7.05 Å². The van der Waals surface area contributed by atoms with Crippen LogP contribution >= 0.6 is 0 Å². The lowest BCUT2D eigenvalue weighted by molar-refractivity contribution is 0.623. The first-order valence-corrected chi connectivity index (χ1v) is 11.9. The number of fused-ring (bicyclic) bond motifs is 1. The smallest absolute Gasteiger partial charge is 0.193 e. The fourth-order valence-corrected chi connectivity index (χ4v) is 4.41. The second-order valence-corrected chi connectivity index (χ2v) is 9.00. The Kier molecular flexibility index (Phi) is 5.60. The molecule has 0 amide bonds. The molecule has 0 atom stereocenters. The average molecular weight is 507 g/mol. The van der Waals surface area contributed by atoms with Gasteiger partial charge in [-0.05, 0) is 49.2 Å². The van der Waals surface area contributed by atoms with Crippen molar-refractivity contribution in [2.75, 3.05) is 5.73 Å². The summed E-state index contributed by atoms with van der Waals surface area (Å²) in [7, 11) is 1.86. The summed E-state index contributed by atoms with van der Waals surface area (Å²) >= 11 is 0. The van der Waals surface area contributed by atoms with Crippen LogP contribution in [0.15, 0.2) is 60.9 Å². The van der Waals surface area contributed by atoms with E-state index in [4.69, 9.17) is 10.7 Å². The zero-order valence-corrected chi connectivity index (χ0v) is 21.0. The van der Waals surface area contributed by atoms with E-state index in [1.165, 1.54) is 0 Å². The molecule has 0 aliphatic carbocycles. The first-order chi connectivity index (χ1) is 18.4. The Labute approximate surface area is 217 Å². The van der Waals surface area contributed by atoms with Crippen LogP contribution < -0.4 is 5.73 Å². The summed E-state index contributed by atoms with van der Waals surface area (Å²) in [4.78, 5) is 17.9. The van der Waals surface area contributed by atoms with Crippen LogP contribution in [0, 0.1) is 19.7 Å². The highest BCUT2D eigenvalue weighted by molar-refractivity contribution is 5.88. The van der Waals surface area contributed by atoms with Gasteiger partial charge >= 0.3 is 0 Å². The number of aromatic nitrogens is 9. The molecule has 5 aromatic heterocycles. The van der Waals surface area contributed by atoms with E-state index < -0.39 is 5.82 Å². The molecule has 0 bridgehead atoms. The van der Waals surface area contributed by atoms with Gasteiger partial charge in [-0.1, -0.05) is 29.5 Å². The number of anilines is 1. The molecular weight excluding hydrogens is 483 g/mol. The number of hydrogen-bond acceptors (Lipinski definition) is 8. The summed E-state index contributed by atoms with van der Waals surface area (Å²) in [6, 6.07) is 15.3. The minimum absolute atomic E-state index is 0.00575. The third kappa shape index (κ3) is 4.03. The highest BCUT2D eigenvalue weighted by Crippen LogP contribution is 2.29. The number of nitrogens with two attached hydrogens (primary N) is 1. The van der Waals surface area contributed by atoms with Crippen molar-refractivity contribution >= 4 is 16.9 Å². The zero-order chi connectivity index (χ0) is 26.4. The third-order valence-corrected chi connectivity index (χ3v) is 6.47. The van der Waals surface area contributed by atoms with Gasteiger partial charge in [-0.3, -0.25) is 9.67 Å². The Morgan fingerprint density at radius 1 is 0.947 bits per heavy atom. The summed E-state index contributed by atoms with van der Waals surface area (Å²) in [5.74, 6) is -0.644. The Bertz CT molecular complexity index is 1820. The normalized spacial score (nSPS) is 11.4. The SMILES string of the molecule is Cc1cccc(-c2nc(N)c(F)c(-c3cn(Cc4cccc(-c5c6ncccc6nn5C)n4)nn3)n2)c1C. The molecule has 2 N–H and O–H groups in total. The third-order valence-electron chi connectivity index (χ3n) is 6.47. The average Bonchev–Trinajstić information content (AvgIpc) is 3.50. The van der Waals surface area contributed by atoms with E-state index in [1.807, 2.05) is 69.4 Å². The van der Waals surface area contributed by atoms with Gasteiger partial charge in [0.25, 0.3) is 0 Å². The van der Waals surface area contributed by atoms with E-state index in [9.17, 15) is 0 Å². The van der Waals surface area contributed by atoms with Gasteiger partial charge < -0.3 is 5.73 Å². The molecule has 0 unspecified atom stereocenters. The first kappa shape index (κ1) is 23.3. The summed E-state index contributed by atoms with van der Waals surface area (Å²) in [6.07, 6.45) is 3.35. The van der Waals surface area contributed by atoms with Crippen LogP contribution in [0.1, 0.15) is 16.8 Å². The maximum atomic E-state index is 15.0. The van der Waals surface area contributed by atoms with Crippen molar-refractivity contribution < 1.29 is 4.39 Å². The van der Waals surface area contributed by atoms with Crippen molar-refractivity contribution in [2.45, 2.75) is 20.4 Å². The van der Waals surface area contributed by atoms with Gasteiger partial charge in [0.1, 0.15) is 28.1 Å². The van der Waals surface area contributed by atoms with E-state index >= 15 is 4.39 Å². The topological polar surface area (TPSA) is 126 Å². The largest absolute Gasteiger partial charge is 0.381 e. The summed E-state index contributed by atoms with van der Waals surface area (Å²) < 4.78 is 18.4. The quantitative estimate of drug-likeness (QED) is 0.370. The molecule has 38 heavy (non-hydrogen) atoms. The maximum Gasteiger partial charge on any atom is 0.193 e. The Hall–Kier alpha value is -5.06. The van der Waals surface area contributed by atoms with Crippen LogP contribution in [0.2, 0.25) is 0 Å². The number of rotatable bonds is 5. The number of nitrogen functional groups attached to an aromatic ring is 1. The molecule has 0 saturated carbocycles. The summed E-state index contributed by atoms with van der Waals surface area (Å²) in [5, 5.41) is 12.9. The fraction of sp³-hybridized carbons (Fsp3) is 0.148. The molecule has 0 spiro atoms. The molecule has 5 heterocycles. The molecular formula is C27H23FN10. The van der Waals surface area contributed by atoms with Crippen molar-refractivity contribution in [3.63, 3.8) is 0 Å². The maximum absolute atomic E-state index is 15.0. The molecule has 0 aliphatic heterocycles. The van der Waals surface area contributed by atoms with Gasteiger partial charge in [-0.2, -0.15) is 5.10 Å². The van der Waals surface area contributed by atoms with Crippen LogP contribution in [0.25, 0.3) is 45.2 Å². The van der Waals surface area contributed by atoms with Crippen LogP contribution in [-0.4, -0.2) is 44.7 Å². The number of hydrogen-bond donors (Lipinski definition) is 1. The Balaban J connectivity index is 1.33. The lowest BCUT2D eigenvalue weighted by atomic mass is 10.0. The molecule has 1 aromatic carbocycles. The fourth-order valence-electron chi connectivity index (χ4n) is 4.41. The molecule has 0 aliphatic rings. The number of nitrogens with zero attached hydrogens (tertiary/aromatic N) is 9. The molecule has 0 saturated heterocycles. The zero-order valence-electron chi connectivity index (χ0n) is 21.0. The molecule has 6 rings (SSSR count). The molecule has 0 radical (unpaired) electrons. The highest BCUT2D eigenvalue weighted by Gasteiger charge is 2.20. The Morgan fingerprint density at radius 3 is 2.66 bits per heavy atom. The minimum atomic E-state index is -0.734. The predicted octanol–water partition coefficient (Wildman–Crippen LogP) is 4.13. The van der Waals surface area contributed by atoms with E-state index in [1.54, 1.807) is 21.8 Å². The van der Waals surface area contributed by atoms with Crippen LogP contribution in [0.5, 0.6) is 0 Å². The van der Waals surface area contributed by atoms with Crippen molar-refractivity contribution in [1.82, 2.24) is 44.7 Å². The molecule has 10 nitrogen and oxygen atoms in total. The molecule has 11 heteroatoms. The number of pyridine rings is 2. The second-order valence-electron chi connectivity index (χ2n) is 9.00. The number of benzene rings is 1. The van der Waals surface area contributed by atoms with E-state index in [2.05, 4.69) is 30.4 Å². The summed E-state index contributed by atoms with van der Waals surface area (Å²) in [6.45, 7) is 4.28. The lowest BCUT2D eigenvalue weighted by Crippen LogP contribution is -2.05. The summed E-state index contributed by atoms with van der Waals surface area (Å²) in [5.41, 5.74) is 12.9. The molecule has 6 aromatic rings. The van der Waals surface area contributed by atoms with Gasteiger partial charge in [0, 0.05) is 18.8 Å². The van der Waals surface area contributed by atoms with Crippen LogP contribution in [0.4, 0.5) is 10.2 Å². The number of aryl methyl sites for hydroxylation is 2. The van der Waals surface area contributed by atoms with Crippen LogP contribution in [-0.2, 0) is 13.6 Å². The van der Waals surface area contributed by atoms with E-state index in [-0.39, 0.29) is 17.2 Å². The van der Waals surface area contributed by atoms with Crippen LogP contribution in [0.3, 0.4) is 0 Å². The minimum Gasteiger partial charge on any atom is -0.381 e. The van der Waals surface area contributed by atoms with Crippen molar-refractivity contribution in [3.05, 3.63) is 83.6 Å². The molecule has 188 valence electrons. The Morgan fingerprint density at radius 2 is 1.79 bits per heavy atom. The van der Waals surface area contributed by atoms with Gasteiger partial charge in [0.15, 0.2) is 17.5 Å². The first-order valence-electron chi connectivity index (χ1n) is 11.9. The standard InChI is InChI=1S/C27H23FN10/c1-15-7-4-9-18(16(15)2)27-32-23(22(28)26(29)33-27)21-14-38(36-34-21)13-17-8-5-10-20(31-17)25-24-19(35-37(25)3)11-6-12-30-24/h4-12,14H,13H2,1-3H3,(H2,29,32,33). The van der Waals surface area contributed by atoms with Gasteiger partial charge in [-0.15, -0.1) is 5.10 Å². The van der Waals surface area contributed by atoms with E-state index in [0.29, 0.717) is 12.4 Å².